The van der Waals surface area contributed by atoms with Crippen molar-refractivity contribution < 1.29 is 0 Å². The molecule has 0 heteroatoms. The van der Waals surface area contributed by atoms with Crippen LogP contribution in [0.5, 0.6) is 0 Å². The van der Waals surface area contributed by atoms with Crippen molar-refractivity contribution in [2.45, 2.75) is 0 Å². The smallest absolute Gasteiger partial charge is 0 e. The zero-order valence-electron chi connectivity index (χ0n) is 21.1. The van der Waals surface area contributed by atoms with Crippen LogP contribution in [0.2, 0.25) is 0 Å². The molecule has 0 N–H and O–H groups in total. The van der Waals surface area contributed by atoms with E-state index in [0.29, 0.717) is 0 Å². The fourth-order valence-corrected chi connectivity index (χ4v) is 1.19. The lowest BCUT2D eigenvalue weighted by Gasteiger charge is -1.63. The molecule has 42 heavy (non-hydrogen) atoms. The monoisotopic (exact) mass is 505 g/mol. The van der Waals surface area contributed by atoms with E-state index in [1.807, 2.05) is 5.92 Å². The average molecular weight is 505 g/mol. The molecule has 0 aliphatic rings. The fourth-order valence-electron chi connectivity index (χ4n) is 1.19. The van der Waals surface area contributed by atoms with Crippen LogP contribution in [0.1, 0.15) is 0 Å². The number of rotatable bonds is 0. The third-order valence-corrected chi connectivity index (χ3v) is 2.45. The molecule has 0 amide bonds. The minimum atomic E-state index is 1.87. The highest BCUT2D eigenvalue weighted by Gasteiger charge is 1.61. The van der Waals surface area contributed by atoms with E-state index in [4.69, 9.17) is 12.8 Å². The molecule has 0 unspecified atom stereocenters. The second-order valence-electron chi connectivity index (χ2n) is 5.02. The molecule has 0 heterocycles. The molecule has 0 aromatic heterocycles. The standard InChI is InChI=1S/C42H/c1-3-5-7-9-11-13-15-17-19-21-23-25-27-29-31-33-35-37-39-41-42-40-38-36-34-32-30-28-26-24-22-20-18-16-14-12-10-8-6-4-2/h1H/q-1. The van der Waals surface area contributed by atoms with Gasteiger partial charge in [0.15, 0.2) is 0 Å². The summed E-state index contributed by atoms with van der Waals surface area (Å²) in [5, 5.41) is 0. The van der Waals surface area contributed by atoms with Gasteiger partial charge in [-0.2, -0.15) is 0 Å². The van der Waals surface area contributed by atoms with Crippen molar-refractivity contribution in [3.63, 3.8) is 0 Å². The van der Waals surface area contributed by atoms with Crippen molar-refractivity contribution in [2.75, 3.05) is 0 Å². The third kappa shape index (κ3) is 30.8. The van der Waals surface area contributed by atoms with E-state index in [2.05, 4.69) is 231 Å². The summed E-state index contributed by atoms with van der Waals surface area (Å²) in [5.41, 5.74) is 0. The quantitative estimate of drug-likeness (QED) is 0.328. The molecule has 0 atom stereocenters. The van der Waals surface area contributed by atoms with Crippen molar-refractivity contribution in [1.82, 2.24) is 0 Å². The molecular formula is C42H-. The van der Waals surface area contributed by atoms with E-state index in [1.165, 1.54) is 0 Å². The van der Waals surface area contributed by atoms with Crippen LogP contribution >= 0.6 is 0 Å². The Labute approximate surface area is 249 Å². The maximum absolute atomic E-state index is 6.55. The van der Waals surface area contributed by atoms with Crippen LogP contribution in [-0.4, -0.2) is 0 Å². The first-order valence-corrected chi connectivity index (χ1v) is 10.3. The molecular weight excluding hydrogens is 504 g/mol. The molecule has 0 rings (SSSR count). The largest absolute Gasteiger partial charge is 0.358 e. The molecule has 0 aromatic rings. The summed E-state index contributed by atoms with van der Waals surface area (Å²) >= 11 is 0. The first kappa shape index (κ1) is 32.8. The summed E-state index contributed by atoms with van der Waals surface area (Å²) in [7, 11) is 0. The lowest BCUT2D eigenvalue weighted by atomic mass is 10.4. The predicted molar refractivity (Wildman–Crippen MR) is 164 cm³/mol. The highest BCUT2D eigenvalue weighted by molar-refractivity contribution is 5.50. The van der Waals surface area contributed by atoms with Gasteiger partial charge < -0.3 is 6.42 Å². The van der Waals surface area contributed by atoms with E-state index in [1.54, 1.807) is 0 Å². The van der Waals surface area contributed by atoms with Crippen LogP contribution in [-0.2, 0) is 0 Å². The molecule has 0 saturated heterocycles. The first-order valence-electron chi connectivity index (χ1n) is 10.3. The average Bonchev–Trinajstić information content (AvgIpc) is 3.00. The molecule has 0 aliphatic carbocycles. The zero-order valence-corrected chi connectivity index (χ0v) is 21.1. The molecule has 0 radical (unpaired) electrons. The van der Waals surface area contributed by atoms with E-state index in [9.17, 15) is 0 Å². The SMILES string of the molecule is [C-]#CC#CC#CC#CC#CC#CC#CC#CC#CC#CC#CC#CC#CC#CC#CC#CC#CC#CC#CC#CC#C. The summed E-state index contributed by atoms with van der Waals surface area (Å²) in [4.78, 5) is 0. The number of hydrogen-bond donors (Lipinski definition) is 0. The Morgan fingerprint density at radius 3 is 0.429 bits per heavy atom. The van der Waals surface area contributed by atoms with Crippen LogP contribution in [0.3, 0.4) is 0 Å². The number of hydrogen-bond acceptors (Lipinski definition) is 0. The lowest BCUT2D eigenvalue weighted by molar-refractivity contribution is 2.32. The van der Waals surface area contributed by atoms with E-state index in [-0.39, 0.29) is 0 Å². The third-order valence-electron chi connectivity index (χ3n) is 2.45. The summed E-state index contributed by atoms with van der Waals surface area (Å²) in [6, 6.07) is 0. The van der Waals surface area contributed by atoms with Crippen molar-refractivity contribution in [3.8, 4) is 243 Å². The van der Waals surface area contributed by atoms with Gasteiger partial charge in [0.05, 0.1) is 0 Å². The van der Waals surface area contributed by atoms with Crippen LogP contribution < -0.4 is 0 Å². The van der Waals surface area contributed by atoms with Crippen LogP contribution in [0.15, 0.2) is 0 Å². The molecule has 170 valence electrons. The van der Waals surface area contributed by atoms with Gasteiger partial charge in [-0.1, -0.05) is 0 Å². The van der Waals surface area contributed by atoms with Gasteiger partial charge >= 0.3 is 0 Å². The van der Waals surface area contributed by atoms with Gasteiger partial charge in [0.1, 0.15) is 0 Å². The minimum absolute atomic E-state index is 1.87. The van der Waals surface area contributed by atoms with E-state index in [0.717, 1.165) is 0 Å². The Bertz CT molecular complexity index is 2280. The highest BCUT2D eigenvalue weighted by atomic mass is 13.6. The normalized spacial score (nSPS) is 3.86. The minimum Gasteiger partial charge on any atom is -0.358 e. The van der Waals surface area contributed by atoms with Crippen LogP contribution in [0, 0.1) is 250 Å². The summed E-state index contributed by atoms with van der Waals surface area (Å²) in [6.45, 7) is 0. The Hall–Kier alpha value is -9.24. The predicted octanol–water partition coefficient (Wildman–Crippen LogP) is 0.274. The van der Waals surface area contributed by atoms with Gasteiger partial charge in [0.2, 0.25) is 0 Å². The van der Waals surface area contributed by atoms with Crippen molar-refractivity contribution >= 4 is 0 Å². The highest BCUT2D eigenvalue weighted by Crippen LogP contribution is 1.61. The van der Waals surface area contributed by atoms with Gasteiger partial charge in [-0.15, -0.1) is 12.3 Å². The fraction of sp³-hybridized carbons (Fsp3) is 0. The summed E-state index contributed by atoms with van der Waals surface area (Å²) in [5.74, 6) is 97.5. The number of terminal acetylenes is 1. The zero-order chi connectivity index (χ0) is 30.3. The van der Waals surface area contributed by atoms with Gasteiger partial charge in [-0.3, -0.25) is 5.92 Å². The maximum atomic E-state index is 6.55. The molecule has 0 bridgehead atoms. The van der Waals surface area contributed by atoms with Crippen molar-refractivity contribution in [2.24, 2.45) is 0 Å². The Morgan fingerprint density at radius 2 is 0.310 bits per heavy atom. The van der Waals surface area contributed by atoms with Crippen LogP contribution in [0.25, 0.3) is 0 Å². The van der Waals surface area contributed by atoms with E-state index < -0.39 is 0 Å². The molecule has 0 saturated carbocycles. The summed E-state index contributed by atoms with van der Waals surface area (Å²) < 4.78 is 0. The van der Waals surface area contributed by atoms with Gasteiger partial charge in [-0.25, -0.2) is 5.92 Å². The molecule has 0 nitrogen and oxygen atoms in total. The Balaban J connectivity index is 4.53. The lowest BCUT2D eigenvalue weighted by Crippen LogP contribution is -1.57. The Kier molecular flexibility index (Phi) is 24.8. The molecule has 0 aromatic carbocycles. The van der Waals surface area contributed by atoms with Gasteiger partial charge in [-0.05, 0) is 94.7 Å². The Morgan fingerprint density at radius 1 is 0.190 bits per heavy atom. The second-order valence-corrected chi connectivity index (χ2v) is 5.02. The van der Waals surface area contributed by atoms with Gasteiger partial charge in [0, 0.05) is 124 Å². The van der Waals surface area contributed by atoms with Crippen molar-refractivity contribution in [3.05, 3.63) is 6.42 Å². The molecule has 0 fully saturated rings. The first-order chi connectivity index (χ1) is 20.9. The molecule has 0 aliphatic heterocycles. The van der Waals surface area contributed by atoms with Crippen LogP contribution in [0.4, 0.5) is 0 Å². The van der Waals surface area contributed by atoms with Crippen molar-refractivity contribution in [1.29, 1.82) is 0 Å². The van der Waals surface area contributed by atoms with E-state index >= 15 is 0 Å². The topological polar surface area (TPSA) is 0 Å². The van der Waals surface area contributed by atoms with Gasteiger partial charge in [0.25, 0.3) is 0 Å². The maximum Gasteiger partial charge on any atom is 0 e. The molecule has 0 spiro atoms. The summed E-state index contributed by atoms with van der Waals surface area (Å²) in [6.07, 6.45) is 11.5. The second kappa shape index (κ2) is 31.8.